The summed E-state index contributed by atoms with van der Waals surface area (Å²) in [6.45, 7) is 9.10. The molecule has 0 aliphatic carbocycles. The molecular formula is C66H117Na3O24S4. The number of benzene rings is 1. The number of rotatable bonds is 58. The number of ether oxygens (including phenoxy) is 3. The van der Waals surface area contributed by atoms with Gasteiger partial charge in [0.1, 0.15) is 0 Å². The SMILES string of the molecule is CCCCCCCCCCCCOC(=O)C(CC(=O)[O-])S(=O)(=O)O.CCCCCCCCCCCCOC(=O)C(CC(=O)[O-])S(=O)(=O)O.CCCCCCCCCCCCOC(=O)C(CC(=O)[O-])S(=O)(=O)O.CCCCCCCCCCCCOS(=O)(=O)c1ccccc1.[Na+].[Na+].[Na+]. The van der Waals surface area contributed by atoms with E-state index in [1.54, 1.807) is 30.3 Å². The first-order valence-electron chi connectivity index (χ1n) is 34.5. The maximum Gasteiger partial charge on any atom is 1.00 e. The molecule has 1 aromatic carbocycles. The van der Waals surface area contributed by atoms with Gasteiger partial charge in [-0.2, -0.15) is 33.7 Å². The van der Waals surface area contributed by atoms with Crippen molar-refractivity contribution in [1.29, 1.82) is 0 Å². The van der Waals surface area contributed by atoms with Gasteiger partial charge in [-0.05, 0) is 37.8 Å². The number of unbranched alkanes of at least 4 members (excludes halogenated alkanes) is 36. The van der Waals surface area contributed by atoms with Gasteiger partial charge in [-0.15, -0.1) is 0 Å². The zero-order valence-electron chi connectivity index (χ0n) is 59.9. The second-order valence-corrected chi connectivity index (χ2v) is 30.0. The third-order valence-electron chi connectivity index (χ3n) is 14.9. The van der Waals surface area contributed by atoms with Crippen LogP contribution in [0.3, 0.4) is 0 Å². The molecular weight excluding hydrogens is 1370 g/mol. The molecule has 3 atom stereocenters. The molecule has 552 valence electrons. The normalized spacial score (nSPS) is 12.1. The Morgan fingerprint density at radius 1 is 0.320 bits per heavy atom. The largest absolute Gasteiger partial charge is 1.00 e. The quantitative estimate of drug-likeness (QED) is 0.0209. The maximum absolute atomic E-state index is 11.9. The molecule has 24 nitrogen and oxygen atoms in total. The Hall–Kier alpha value is -1.32. The number of hydrogen-bond acceptors (Lipinski definition) is 21. The van der Waals surface area contributed by atoms with E-state index >= 15 is 0 Å². The number of hydrogen-bond donors (Lipinski definition) is 3. The summed E-state index contributed by atoms with van der Waals surface area (Å²) in [5.41, 5.74) is 0. The van der Waals surface area contributed by atoms with E-state index in [9.17, 15) is 77.8 Å². The number of carbonyl (C=O) groups excluding carboxylic acids is 6. The van der Waals surface area contributed by atoms with Gasteiger partial charge in [0.25, 0.3) is 40.5 Å². The zero-order valence-corrected chi connectivity index (χ0v) is 69.2. The average Bonchev–Trinajstić information content (AvgIpc) is 0.999. The summed E-state index contributed by atoms with van der Waals surface area (Å²) >= 11 is 0. The molecule has 3 N–H and O–H groups in total. The van der Waals surface area contributed by atoms with Crippen LogP contribution in [0.5, 0.6) is 0 Å². The van der Waals surface area contributed by atoms with E-state index in [0.717, 1.165) is 70.6 Å². The topological polar surface area (TPSA) is 406 Å². The van der Waals surface area contributed by atoms with Crippen LogP contribution in [0.4, 0.5) is 0 Å². The van der Waals surface area contributed by atoms with Crippen molar-refractivity contribution < 1.29 is 198 Å². The molecule has 1 rings (SSSR count). The molecule has 97 heavy (non-hydrogen) atoms. The molecule has 0 aliphatic rings. The van der Waals surface area contributed by atoms with E-state index in [1.165, 1.54) is 167 Å². The molecule has 0 radical (unpaired) electrons. The van der Waals surface area contributed by atoms with Gasteiger partial charge in [0.15, 0.2) is 15.7 Å². The molecule has 1 aromatic rings. The summed E-state index contributed by atoms with van der Waals surface area (Å²) < 4.78 is 135. The van der Waals surface area contributed by atoms with Crippen molar-refractivity contribution in [3.8, 4) is 0 Å². The number of esters is 3. The van der Waals surface area contributed by atoms with E-state index in [4.69, 9.17) is 32.1 Å². The molecule has 3 unspecified atom stereocenters. The van der Waals surface area contributed by atoms with E-state index < -0.39 is 111 Å². The van der Waals surface area contributed by atoms with Gasteiger partial charge in [-0.1, -0.05) is 277 Å². The number of carbonyl (C=O) groups is 6. The van der Waals surface area contributed by atoms with Crippen molar-refractivity contribution in [1.82, 2.24) is 0 Å². The van der Waals surface area contributed by atoms with Crippen LogP contribution in [0.25, 0.3) is 0 Å². The van der Waals surface area contributed by atoms with E-state index in [1.807, 2.05) is 0 Å². The van der Waals surface area contributed by atoms with Crippen LogP contribution in [0, 0.1) is 0 Å². The van der Waals surface area contributed by atoms with Crippen LogP contribution in [0.1, 0.15) is 304 Å². The number of carboxylic acid groups (broad SMARTS) is 3. The van der Waals surface area contributed by atoms with Crippen molar-refractivity contribution in [2.75, 3.05) is 26.4 Å². The number of aliphatic carboxylic acids is 3. The second-order valence-electron chi connectivity index (χ2n) is 23.6. The summed E-state index contributed by atoms with van der Waals surface area (Å²) in [6, 6.07) is 8.33. The smallest absolute Gasteiger partial charge is 0.550 e. The summed E-state index contributed by atoms with van der Waals surface area (Å²) in [5, 5.41) is 24.9. The summed E-state index contributed by atoms with van der Waals surface area (Å²) in [5.74, 6) is -8.98. The molecule has 31 heteroatoms. The monoisotopic (exact) mass is 1490 g/mol. The van der Waals surface area contributed by atoms with Gasteiger partial charge < -0.3 is 43.9 Å². The first-order valence-corrected chi connectivity index (χ1v) is 40.4. The zero-order chi connectivity index (χ0) is 71.4. The third-order valence-corrected chi connectivity index (χ3v) is 19.5. The van der Waals surface area contributed by atoms with Crippen LogP contribution in [-0.4, -0.2) is 125 Å². The molecule has 0 saturated heterocycles. The first-order chi connectivity index (χ1) is 44.5. The Morgan fingerprint density at radius 3 is 0.691 bits per heavy atom. The van der Waals surface area contributed by atoms with Gasteiger partial charge in [0, 0.05) is 37.2 Å². The van der Waals surface area contributed by atoms with E-state index in [0.29, 0.717) is 19.3 Å². The third kappa shape index (κ3) is 70.1. The molecule has 0 amide bonds. The maximum atomic E-state index is 11.9. The molecule has 0 spiro atoms. The van der Waals surface area contributed by atoms with Gasteiger partial charge in [0.05, 0.1) is 31.3 Å². The van der Waals surface area contributed by atoms with Crippen LogP contribution < -0.4 is 104 Å². The minimum atomic E-state index is -4.82. The Morgan fingerprint density at radius 2 is 0.505 bits per heavy atom. The van der Waals surface area contributed by atoms with Gasteiger partial charge in [0.2, 0.25) is 0 Å². The fourth-order valence-electron chi connectivity index (χ4n) is 9.36. The van der Waals surface area contributed by atoms with Gasteiger partial charge in [-0.25, -0.2) is 0 Å². The minimum absolute atomic E-state index is 0. The molecule has 0 fully saturated rings. The Kier molecular flexibility index (Phi) is 77.3. The first kappa shape index (κ1) is 107. The van der Waals surface area contributed by atoms with Crippen molar-refractivity contribution in [2.24, 2.45) is 0 Å². The van der Waals surface area contributed by atoms with Crippen LogP contribution >= 0.6 is 0 Å². The predicted octanol–water partition coefficient (Wildman–Crippen LogP) is 1.87. The Labute approximate surface area is 649 Å². The van der Waals surface area contributed by atoms with E-state index in [2.05, 4.69) is 27.7 Å². The fourth-order valence-corrected chi connectivity index (χ4v) is 12.3. The Balaban J connectivity index is -0.000000282. The van der Waals surface area contributed by atoms with Crippen molar-refractivity contribution >= 4 is 76.3 Å². The van der Waals surface area contributed by atoms with Gasteiger partial charge >= 0.3 is 107 Å². The van der Waals surface area contributed by atoms with Crippen molar-refractivity contribution in [3.05, 3.63) is 30.3 Å². The van der Waals surface area contributed by atoms with Crippen LogP contribution in [0.15, 0.2) is 35.2 Å². The molecule has 0 saturated carbocycles. The summed E-state index contributed by atoms with van der Waals surface area (Å²) in [7, 11) is -18.0. The molecule has 0 bridgehead atoms. The molecule has 0 aliphatic heterocycles. The predicted molar refractivity (Wildman–Crippen MR) is 355 cm³/mol. The fraction of sp³-hybridized carbons (Fsp3) is 0.818. The van der Waals surface area contributed by atoms with E-state index in [-0.39, 0.29) is 120 Å². The standard InChI is InChI=1S/C18H30O3S.3C16H30O7S.3Na/c1-2-3-4-5-6-7-8-9-10-14-17-21-22(19,20)18-15-12-11-13-16-18;3*1-2-3-4-5-6-7-8-9-10-11-12-23-16(19)14(13-15(17)18)24(20,21)22;;;/h11-13,15-16H,2-10,14,17H2,1H3;3*14H,2-13H2,1H3,(H,17,18)(H,20,21,22);;;/q;;;;3*+1/p-3. The molecule has 0 aromatic heterocycles. The van der Waals surface area contributed by atoms with Gasteiger partial charge in [-0.3, -0.25) is 32.2 Å². The van der Waals surface area contributed by atoms with Crippen molar-refractivity contribution in [2.45, 2.75) is 324 Å². The average molecular weight is 1490 g/mol. The van der Waals surface area contributed by atoms with Crippen molar-refractivity contribution in [3.63, 3.8) is 0 Å². The minimum Gasteiger partial charge on any atom is -0.550 e. The number of carboxylic acids is 3. The van der Waals surface area contributed by atoms with Crippen LogP contribution in [-0.2, 0) is 87.6 Å². The summed E-state index contributed by atoms with van der Waals surface area (Å²) in [4.78, 5) is 66.1. The Bertz CT molecular complexity index is 2360. The second kappa shape index (κ2) is 70.3. The molecule has 0 heterocycles. The summed E-state index contributed by atoms with van der Waals surface area (Å²) in [6.07, 6.45) is 42.0. The van der Waals surface area contributed by atoms with Crippen LogP contribution in [0.2, 0.25) is 0 Å².